The predicted molar refractivity (Wildman–Crippen MR) is 74.7 cm³/mol. The molecule has 0 radical (unpaired) electrons. The van der Waals surface area contributed by atoms with Crippen molar-refractivity contribution >= 4 is 26.8 Å². The molecule has 18 heavy (non-hydrogen) atoms. The maximum atomic E-state index is 12.4. The van der Waals surface area contributed by atoms with Gasteiger partial charge in [0.1, 0.15) is 0 Å². The first kappa shape index (κ1) is 11.9. The van der Waals surface area contributed by atoms with Crippen molar-refractivity contribution in [2.24, 2.45) is 5.92 Å². The minimum Gasteiger partial charge on any atom is -0.316 e. The summed E-state index contributed by atoms with van der Waals surface area (Å²) in [4.78, 5) is 16.8. The second-order valence-corrected chi connectivity index (χ2v) is 5.55. The van der Waals surface area contributed by atoms with Gasteiger partial charge in [-0.15, -0.1) is 0 Å². The number of hydrogen-bond donors (Lipinski definition) is 1. The maximum Gasteiger partial charge on any atom is 0.262 e. The van der Waals surface area contributed by atoms with Crippen LogP contribution in [0.25, 0.3) is 10.9 Å². The molecular weight excluding hydrogens is 294 g/mol. The minimum absolute atomic E-state index is 0.0411. The van der Waals surface area contributed by atoms with Gasteiger partial charge in [-0.3, -0.25) is 9.36 Å². The molecule has 2 heterocycles. The molecule has 1 saturated heterocycles. The van der Waals surface area contributed by atoms with Gasteiger partial charge in [-0.05, 0) is 53.5 Å². The van der Waals surface area contributed by atoms with E-state index in [1.165, 1.54) is 0 Å². The van der Waals surface area contributed by atoms with Gasteiger partial charge >= 0.3 is 0 Å². The molecule has 1 fully saturated rings. The number of halogens is 1. The van der Waals surface area contributed by atoms with Crippen LogP contribution in [0.5, 0.6) is 0 Å². The number of nitrogens with one attached hydrogen (secondary N) is 1. The van der Waals surface area contributed by atoms with Crippen LogP contribution in [-0.4, -0.2) is 22.6 Å². The number of fused-ring (bicyclic) bond motifs is 1. The lowest BCUT2D eigenvalue weighted by atomic mass is 10.1. The second-order valence-electron chi connectivity index (χ2n) is 4.69. The van der Waals surface area contributed by atoms with E-state index in [1.807, 2.05) is 18.2 Å². The van der Waals surface area contributed by atoms with Gasteiger partial charge in [-0.2, -0.15) is 0 Å². The standard InChI is InChI=1S/C13H14BrN3O/c14-10-2-1-3-11-12(10)13(18)17(8-16-11)7-9-4-5-15-6-9/h1-3,8-9,15H,4-7H2. The predicted octanol–water partition coefficient (Wildman–Crippen LogP) is 1.77. The van der Waals surface area contributed by atoms with Gasteiger partial charge < -0.3 is 5.32 Å². The van der Waals surface area contributed by atoms with Crippen LogP contribution in [-0.2, 0) is 6.54 Å². The largest absolute Gasteiger partial charge is 0.316 e. The molecule has 0 amide bonds. The zero-order valence-electron chi connectivity index (χ0n) is 9.90. The Morgan fingerprint density at radius 2 is 2.39 bits per heavy atom. The molecule has 5 heteroatoms. The van der Waals surface area contributed by atoms with Crippen LogP contribution in [0, 0.1) is 5.92 Å². The van der Waals surface area contributed by atoms with Crippen molar-refractivity contribution in [2.75, 3.05) is 13.1 Å². The molecule has 1 N–H and O–H groups in total. The molecule has 1 aromatic heterocycles. The minimum atomic E-state index is 0.0411. The fraction of sp³-hybridized carbons (Fsp3) is 0.385. The quantitative estimate of drug-likeness (QED) is 0.920. The van der Waals surface area contributed by atoms with Crippen LogP contribution in [0.2, 0.25) is 0 Å². The third-order valence-electron chi connectivity index (χ3n) is 3.42. The lowest BCUT2D eigenvalue weighted by Crippen LogP contribution is -2.25. The Hall–Kier alpha value is -1.20. The Morgan fingerprint density at radius 3 is 3.17 bits per heavy atom. The van der Waals surface area contributed by atoms with Crippen molar-refractivity contribution in [1.82, 2.24) is 14.9 Å². The van der Waals surface area contributed by atoms with Crippen LogP contribution in [0.15, 0.2) is 33.8 Å². The molecule has 0 saturated carbocycles. The summed E-state index contributed by atoms with van der Waals surface area (Å²) < 4.78 is 2.54. The second kappa shape index (κ2) is 4.82. The van der Waals surface area contributed by atoms with Gasteiger partial charge in [0.2, 0.25) is 0 Å². The van der Waals surface area contributed by atoms with Crippen LogP contribution >= 0.6 is 15.9 Å². The van der Waals surface area contributed by atoms with Crippen molar-refractivity contribution in [3.05, 3.63) is 39.4 Å². The number of hydrogen-bond acceptors (Lipinski definition) is 3. The van der Waals surface area contributed by atoms with E-state index in [0.29, 0.717) is 11.3 Å². The maximum absolute atomic E-state index is 12.4. The van der Waals surface area contributed by atoms with Crippen LogP contribution in [0.3, 0.4) is 0 Å². The van der Waals surface area contributed by atoms with Crippen LogP contribution in [0.1, 0.15) is 6.42 Å². The lowest BCUT2D eigenvalue weighted by Gasteiger charge is -2.11. The first-order chi connectivity index (χ1) is 8.75. The van der Waals surface area contributed by atoms with Gasteiger partial charge in [-0.25, -0.2) is 4.98 Å². The first-order valence-corrected chi connectivity index (χ1v) is 6.89. The third kappa shape index (κ3) is 2.08. The van der Waals surface area contributed by atoms with E-state index in [2.05, 4.69) is 26.2 Å². The van der Waals surface area contributed by atoms with Crippen LogP contribution < -0.4 is 10.9 Å². The van der Waals surface area contributed by atoms with Gasteiger partial charge in [-0.1, -0.05) is 6.07 Å². The summed E-state index contributed by atoms with van der Waals surface area (Å²) in [6.45, 7) is 2.78. The molecule has 1 aliphatic rings. The highest BCUT2D eigenvalue weighted by atomic mass is 79.9. The average Bonchev–Trinajstić information content (AvgIpc) is 2.86. The number of aromatic nitrogens is 2. The number of rotatable bonds is 2. The SMILES string of the molecule is O=c1c2c(Br)cccc2ncn1CC1CCNC1. The van der Waals surface area contributed by atoms with Gasteiger partial charge in [0.15, 0.2) is 0 Å². The highest BCUT2D eigenvalue weighted by Gasteiger charge is 2.16. The molecule has 4 nitrogen and oxygen atoms in total. The van der Waals surface area contributed by atoms with E-state index in [-0.39, 0.29) is 5.56 Å². The summed E-state index contributed by atoms with van der Waals surface area (Å²) in [5, 5.41) is 3.99. The summed E-state index contributed by atoms with van der Waals surface area (Å²) in [7, 11) is 0. The molecule has 94 valence electrons. The average molecular weight is 308 g/mol. The Kier molecular flexibility index (Phi) is 3.18. The third-order valence-corrected chi connectivity index (χ3v) is 4.08. The molecule has 3 rings (SSSR count). The highest BCUT2D eigenvalue weighted by molar-refractivity contribution is 9.10. The van der Waals surface area contributed by atoms with E-state index in [4.69, 9.17) is 0 Å². The van der Waals surface area contributed by atoms with Crippen molar-refractivity contribution in [2.45, 2.75) is 13.0 Å². The molecule has 1 atom stereocenters. The van der Waals surface area contributed by atoms with Crippen molar-refractivity contribution in [3.8, 4) is 0 Å². The van der Waals surface area contributed by atoms with Crippen LogP contribution in [0.4, 0.5) is 0 Å². The Balaban J connectivity index is 2.05. The fourth-order valence-corrected chi connectivity index (χ4v) is 2.96. The van der Waals surface area contributed by atoms with E-state index in [9.17, 15) is 4.79 Å². The molecular formula is C13H14BrN3O. The Morgan fingerprint density at radius 1 is 1.50 bits per heavy atom. The van der Waals surface area contributed by atoms with E-state index in [1.54, 1.807) is 10.9 Å². The van der Waals surface area contributed by atoms with E-state index < -0.39 is 0 Å². The lowest BCUT2D eigenvalue weighted by molar-refractivity contribution is 0.470. The Bertz CT molecular complexity index is 632. The first-order valence-electron chi connectivity index (χ1n) is 6.10. The topological polar surface area (TPSA) is 46.9 Å². The Labute approximate surface area is 113 Å². The monoisotopic (exact) mass is 307 g/mol. The zero-order valence-corrected chi connectivity index (χ0v) is 11.5. The molecule has 0 bridgehead atoms. The molecule has 1 unspecified atom stereocenters. The van der Waals surface area contributed by atoms with Crippen molar-refractivity contribution < 1.29 is 0 Å². The van der Waals surface area contributed by atoms with E-state index >= 15 is 0 Å². The normalized spacial score (nSPS) is 19.5. The van der Waals surface area contributed by atoms with Crippen molar-refractivity contribution in [1.29, 1.82) is 0 Å². The molecule has 1 aromatic carbocycles. The number of benzene rings is 1. The summed E-state index contributed by atoms with van der Waals surface area (Å²) >= 11 is 3.43. The summed E-state index contributed by atoms with van der Waals surface area (Å²) in [5.41, 5.74) is 0.787. The summed E-state index contributed by atoms with van der Waals surface area (Å²) in [6.07, 6.45) is 2.79. The van der Waals surface area contributed by atoms with Crippen molar-refractivity contribution in [3.63, 3.8) is 0 Å². The molecule has 2 aromatic rings. The fourth-order valence-electron chi connectivity index (χ4n) is 2.44. The van der Waals surface area contributed by atoms with Gasteiger partial charge in [0.05, 0.1) is 17.2 Å². The summed E-state index contributed by atoms with van der Waals surface area (Å²) in [5.74, 6) is 0.532. The molecule has 0 aliphatic carbocycles. The zero-order chi connectivity index (χ0) is 12.5. The molecule has 0 spiro atoms. The highest BCUT2D eigenvalue weighted by Crippen LogP contribution is 2.19. The smallest absolute Gasteiger partial charge is 0.262 e. The van der Waals surface area contributed by atoms with Gasteiger partial charge in [0, 0.05) is 11.0 Å². The van der Waals surface area contributed by atoms with Gasteiger partial charge in [0.25, 0.3) is 5.56 Å². The summed E-state index contributed by atoms with van der Waals surface area (Å²) in [6, 6.07) is 5.64. The molecule has 1 aliphatic heterocycles. The number of nitrogens with zero attached hydrogens (tertiary/aromatic N) is 2. The van der Waals surface area contributed by atoms with E-state index in [0.717, 1.165) is 36.0 Å².